The fourth-order valence-electron chi connectivity index (χ4n) is 6.83. The Morgan fingerprint density at radius 2 is 0.793 bits per heavy atom. The minimum atomic E-state index is -0.543. The Labute approximate surface area is 360 Å². The summed E-state index contributed by atoms with van der Waals surface area (Å²) in [4.78, 5) is 25.3. The maximum Gasteiger partial charge on any atom is 0.306 e. The van der Waals surface area contributed by atoms with Gasteiger partial charge in [-0.1, -0.05) is 210 Å². The van der Waals surface area contributed by atoms with E-state index in [4.69, 9.17) is 14.2 Å². The Hall–Kier alpha value is -2.40. The third-order valence-electron chi connectivity index (χ3n) is 10.5. The van der Waals surface area contributed by atoms with Crippen LogP contribution in [-0.2, 0) is 23.8 Å². The first-order chi connectivity index (χ1) is 28.6. The zero-order chi connectivity index (χ0) is 42.1. The van der Waals surface area contributed by atoms with Crippen molar-refractivity contribution >= 4 is 11.9 Å². The third kappa shape index (κ3) is 46.3. The van der Waals surface area contributed by atoms with Crippen molar-refractivity contribution in [2.24, 2.45) is 0 Å². The molecule has 58 heavy (non-hydrogen) atoms. The van der Waals surface area contributed by atoms with Crippen LogP contribution in [0.1, 0.15) is 239 Å². The summed E-state index contributed by atoms with van der Waals surface area (Å²) < 4.78 is 17.3. The van der Waals surface area contributed by atoms with Gasteiger partial charge < -0.3 is 14.2 Å². The normalized spacial score (nSPS) is 12.7. The number of ether oxygens (including phenoxy) is 3. The molecule has 0 spiro atoms. The zero-order valence-corrected chi connectivity index (χ0v) is 38.6. The number of allylic oxidation sites excluding steroid dienone is 10. The van der Waals surface area contributed by atoms with Crippen molar-refractivity contribution in [3.63, 3.8) is 0 Å². The van der Waals surface area contributed by atoms with Gasteiger partial charge in [0.2, 0.25) is 0 Å². The Bertz CT molecular complexity index is 1010. The molecular weight excluding hydrogens is 717 g/mol. The lowest BCUT2D eigenvalue weighted by atomic mass is 10.1. The molecule has 0 N–H and O–H groups in total. The third-order valence-corrected chi connectivity index (χ3v) is 10.5. The van der Waals surface area contributed by atoms with E-state index in [1.165, 1.54) is 116 Å². The lowest BCUT2D eigenvalue weighted by Gasteiger charge is -2.18. The summed E-state index contributed by atoms with van der Waals surface area (Å²) in [5.41, 5.74) is 0. The van der Waals surface area contributed by atoms with Gasteiger partial charge in [-0.2, -0.15) is 0 Å². The smallest absolute Gasteiger partial charge is 0.306 e. The van der Waals surface area contributed by atoms with E-state index in [1.54, 1.807) is 0 Å². The molecule has 1 unspecified atom stereocenters. The van der Waals surface area contributed by atoms with Crippen LogP contribution in [0.25, 0.3) is 0 Å². The van der Waals surface area contributed by atoms with Gasteiger partial charge in [0.15, 0.2) is 6.10 Å². The highest BCUT2D eigenvalue weighted by Crippen LogP contribution is 2.14. The molecule has 0 aliphatic carbocycles. The molecule has 5 heteroatoms. The van der Waals surface area contributed by atoms with Gasteiger partial charge in [-0.25, -0.2) is 0 Å². The molecule has 0 heterocycles. The summed E-state index contributed by atoms with van der Waals surface area (Å²) >= 11 is 0. The number of unbranched alkanes of at least 4 members (excludes halogenated alkanes) is 24. The van der Waals surface area contributed by atoms with E-state index in [0.29, 0.717) is 19.4 Å². The Balaban J connectivity index is 4.24. The minimum Gasteiger partial charge on any atom is -0.462 e. The molecule has 0 aromatic carbocycles. The molecule has 0 saturated heterocycles. The molecule has 336 valence electrons. The summed E-state index contributed by atoms with van der Waals surface area (Å²) in [6.45, 7) is 7.67. The van der Waals surface area contributed by atoms with Gasteiger partial charge in [-0.05, 0) is 77.0 Å². The van der Waals surface area contributed by atoms with Crippen LogP contribution in [0.2, 0.25) is 0 Å². The first kappa shape index (κ1) is 55.6. The van der Waals surface area contributed by atoms with E-state index < -0.39 is 6.10 Å². The highest BCUT2D eigenvalue weighted by atomic mass is 16.6. The van der Waals surface area contributed by atoms with Crippen LogP contribution in [0.4, 0.5) is 0 Å². The average molecular weight is 811 g/mol. The highest BCUT2D eigenvalue weighted by Gasteiger charge is 2.17. The average Bonchev–Trinajstić information content (AvgIpc) is 3.22. The molecule has 5 nitrogen and oxygen atoms in total. The van der Waals surface area contributed by atoms with Crippen molar-refractivity contribution in [2.45, 2.75) is 245 Å². The summed E-state index contributed by atoms with van der Waals surface area (Å²) in [5, 5.41) is 0. The van der Waals surface area contributed by atoms with E-state index in [-0.39, 0.29) is 25.2 Å². The second-order valence-electron chi connectivity index (χ2n) is 16.3. The van der Waals surface area contributed by atoms with Crippen LogP contribution in [0.3, 0.4) is 0 Å². The van der Waals surface area contributed by atoms with Crippen LogP contribution >= 0.6 is 0 Å². The van der Waals surface area contributed by atoms with Gasteiger partial charge in [-0.15, -0.1) is 0 Å². The summed E-state index contributed by atoms with van der Waals surface area (Å²) in [6, 6.07) is 0. The minimum absolute atomic E-state index is 0.0755. The summed E-state index contributed by atoms with van der Waals surface area (Å²) in [5.74, 6) is -0.419. The molecule has 0 amide bonds. The van der Waals surface area contributed by atoms with Crippen molar-refractivity contribution < 1.29 is 23.8 Å². The predicted molar refractivity (Wildman–Crippen MR) is 251 cm³/mol. The molecule has 0 aliphatic heterocycles. The molecule has 1 atom stereocenters. The van der Waals surface area contributed by atoms with Crippen LogP contribution < -0.4 is 0 Å². The molecule has 0 fully saturated rings. The number of hydrogen-bond acceptors (Lipinski definition) is 5. The second-order valence-corrected chi connectivity index (χ2v) is 16.3. The van der Waals surface area contributed by atoms with Gasteiger partial charge in [0, 0.05) is 19.4 Å². The van der Waals surface area contributed by atoms with Crippen molar-refractivity contribution in [3.8, 4) is 0 Å². The molecule has 0 aromatic rings. The Kier molecular flexibility index (Phi) is 46.9. The quantitative estimate of drug-likeness (QED) is 0.0348. The summed E-state index contributed by atoms with van der Waals surface area (Å²) in [6.07, 6.45) is 60.8. The maximum absolute atomic E-state index is 12.7. The SMILES string of the molecule is CC/C=C\C/C=C\C/C=C\C/C=C\CCCCCCCCC(=O)OCC(COCCCCCCCCCCCCCC)OC(=O)CCCCCCC/C=C\CCCC. The summed E-state index contributed by atoms with van der Waals surface area (Å²) in [7, 11) is 0. The molecule has 0 radical (unpaired) electrons. The van der Waals surface area contributed by atoms with Crippen LogP contribution in [0.15, 0.2) is 60.8 Å². The number of rotatable bonds is 45. The molecule has 0 bridgehead atoms. The standard InChI is InChI=1S/C53H94O5/c1-4-7-10-13-16-19-22-24-25-26-27-28-29-30-32-34-37-40-43-46-52(54)57-50-51(49-56-48-45-42-39-36-33-23-20-17-14-11-8-5-2)58-53(55)47-44-41-38-35-31-21-18-15-12-9-6-3/h7,10,15-16,18-19,24-25,27-28,51H,4-6,8-9,11-14,17,20-23,26,29-50H2,1-3H3/b10-7-,18-15-,19-16-,25-24-,28-27-. The molecule has 0 rings (SSSR count). The van der Waals surface area contributed by atoms with Crippen molar-refractivity contribution in [2.75, 3.05) is 19.8 Å². The van der Waals surface area contributed by atoms with Gasteiger partial charge in [-0.3, -0.25) is 9.59 Å². The van der Waals surface area contributed by atoms with Gasteiger partial charge in [0.1, 0.15) is 6.61 Å². The fourth-order valence-corrected chi connectivity index (χ4v) is 6.83. The van der Waals surface area contributed by atoms with Crippen molar-refractivity contribution in [1.29, 1.82) is 0 Å². The number of carbonyl (C=O) groups excluding carboxylic acids is 2. The lowest BCUT2D eigenvalue weighted by molar-refractivity contribution is -0.163. The lowest BCUT2D eigenvalue weighted by Crippen LogP contribution is -2.30. The van der Waals surface area contributed by atoms with Crippen LogP contribution in [-0.4, -0.2) is 37.9 Å². The van der Waals surface area contributed by atoms with Gasteiger partial charge in [0.05, 0.1) is 6.61 Å². The predicted octanol–water partition coefficient (Wildman–Crippen LogP) is 16.6. The van der Waals surface area contributed by atoms with E-state index in [0.717, 1.165) is 89.9 Å². The Morgan fingerprint density at radius 3 is 1.31 bits per heavy atom. The number of esters is 2. The Morgan fingerprint density at radius 1 is 0.397 bits per heavy atom. The van der Waals surface area contributed by atoms with E-state index in [2.05, 4.69) is 81.5 Å². The number of hydrogen-bond donors (Lipinski definition) is 0. The molecule has 0 aromatic heterocycles. The van der Waals surface area contributed by atoms with Crippen molar-refractivity contribution in [3.05, 3.63) is 60.8 Å². The first-order valence-electron chi connectivity index (χ1n) is 24.8. The van der Waals surface area contributed by atoms with Crippen molar-refractivity contribution in [1.82, 2.24) is 0 Å². The first-order valence-corrected chi connectivity index (χ1v) is 24.8. The van der Waals surface area contributed by atoms with E-state index in [1.807, 2.05) is 0 Å². The molecule has 0 saturated carbocycles. The van der Waals surface area contributed by atoms with E-state index >= 15 is 0 Å². The highest BCUT2D eigenvalue weighted by molar-refractivity contribution is 5.70. The second kappa shape index (κ2) is 49.0. The fraction of sp³-hybridized carbons (Fsp3) is 0.774. The van der Waals surface area contributed by atoms with E-state index in [9.17, 15) is 9.59 Å². The van der Waals surface area contributed by atoms with Crippen LogP contribution in [0, 0.1) is 0 Å². The monoisotopic (exact) mass is 811 g/mol. The molecular formula is C53H94O5. The van der Waals surface area contributed by atoms with Gasteiger partial charge in [0.25, 0.3) is 0 Å². The zero-order valence-electron chi connectivity index (χ0n) is 38.6. The van der Waals surface area contributed by atoms with Crippen LogP contribution in [0.5, 0.6) is 0 Å². The largest absolute Gasteiger partial charge is 0.462 e. The number of carbonyl (C=O) groups is 2. The topological polar surface area (TPSA) is 61.8 Å². The molecule has 0 aliphatic rings. The van der Waals surface area contributed by atoms with Gasteiger partial charge >= 0.3 is 11.9 Å². The maximum atomic E-state index is 12.7.